The monoisotopic (exact) mass is 321 g/mol. The summed E-state index contributed by atoms with van der Waals surface area (Å²) in [6.07, 6.45) is 0. The van der Waals surface area contributed by atoms with Gasteiger partial charge in [0.1, 0.15) is 5.58 Å². The van der Waals surface area contributed by atoms with Crippen LogP contribution in [0.1, 0.15) is 12.5 Å². The number of carbonyl (C=O) groups excluding carboxylic acids is 1. The predicted octanol–water partition coefficient (Wildman–Crippen LogP) is 3.34. The molecule has 0 spiro atoms. The van der Waals surface area contributed by atoms with Crippen LogP contribution in [0.3, 0.4) is 0 Å². The summed E-state index contributed by atoms with van der Waals surface area (Å²) in [6, 6.07) is 17.4. The van der Waals surface area contributed by atoms with Crippen molar-refractivity contribution in [3.63, 3.8) is 0 Å². The van der Waals surface area contributed by atoms with E-state index < -0.39 is 11.7 Å². The predicted molar refractivity (Wildman–Crippen MR) is 93.3 cm³/mol. The zero-order chi connectivity index (χ0) is 16.9. The smallest absolute Gasteiger partial charge is 0.345 e. The number of rotatable bonds is 3. The molecule has 6 nitrogen and oxygen atoms in total. The molecule has 0 saturated heterocycles. The fraction of sp³-hybridized carbons (Fsp3) is 0.0556. The molecule has 0 atom stereocenters. The number of hydrogen-bond acceptors (Lipinski definition) is 4. The van der Waals surface area contributed by atoms with Gasteiger partial charge in [-0.25, -0.2) is 15.0 Å². The van der Waals surface area contributed by atoms with Gasteiger partial charge in [0.05, 0.1) is 11.3 Å². The lowest BCUT2D eigenvalue weighted by Crippen LogP contribution is -2.26. The largest absolute Gasteiger partial charge is 0.422 e. The van der Waals surface area contributed by atoms with Crippen LogP contribution in [0.15, 0.2) is 75.0 Å². The normalized spacial score (nSPS) is 11.3. The minimum atomic E-state index is -0.500. The molecular formula is C18H15N3O3. The SMILES string of the molecule is C/C(=N/NC(=O)Nc1ccccc1)c1cc2ccccc2oc1=O. The molecule has 0 saturated carbocycles. The first-order chi connectivity index (χ1) is 11.6. The van der Waals surface area contributed by atoms with Crippen molar-refractivity contribution in [1.82, 2.24) is 5.43 Å². The maximum atomic E-state index is 12.0. The van der Waals surface area contributed by atoms with Gasteiger partial charge in [-0.15, -0.1) is 0 Å². The van der Waals surface area contributed by atoms with Crippen LogP contribution in [-0.2, 0) is 0 Å². The van der Waals surface area contributed by atoms with E-state index in [1.165, 1.54) is 0 Å². The average molecular weight is 321 g/mol. The van der Waals surface area contributed by atoms with Crippen LogP contribution < -0.4 is 16.4 Å². The van der Waals surface area contributed by atoms with Crippen molar-refractivity contribution in [2.75, 3.05) is 5.32 Å². The zero-order valence-corrected chi connectivity index (χ0v) is 12.9. The Hall–Kier alpha value is -3.41. The maximum Gasteiger partial charge on any atom is 0.345 e. The Labute approximate surface area is 137 Å². The summed E-state index contributed by atoms with van der Waals surface area (Å²) < 4.78 is 5.25. The van der Waals surface area contributed by atoms with Gasteiger partial charge in [0.2, 0.25) is 0 Å². The molecule has 0 unspecified atom stereocenters. The molecule has 120 valence electrons. The standard InChI is InChI=1S/C18H15N3O3/c1-12(20-21-18(23)19-14-8-3-2-4-9-14)15-11-13-7-5-6-10-16(13)24-17(15)22/h2-11H,1H3,(H2,19,21,23)/b20-12-. The average Bonchev–Trinajstić information content (AvgIpc) is 2.60. The summed E-state index contributed by atoms with van der Waals surface area (Å²) in [7, 11) is 0. The van der Waals surface area contributed by atoms with Crippen molar-refractivity contribution in [3.05, 3.63) is 76.6 Å². The molecule has 3 aromatic rings. The van der Waals surface area contributed by atoms with E-state index in [1.807, 2.05) is 30.3 Å². The van der Waals surface area contributed by atoms with Gasteiger partial charge < -0.3 is 9.73 Å². The summed E-state index contributed by atoms with van der Waals surface area (Å²) in [5.74, 6) is 0. The molecule has 0 aliphatic carbocycles. The zero-order valence-electron chi connectivity index (χ0n) is 12.9. The quantitative estimate of drug-likeness (QED) is 0.441. The van der Waals surface area contributed by atoms with Gasteiger partial charge in [-0.1, -0.05) is 36.4 Å². The van der Waals surface area contributed by atoms with E-state index in [9.17, 15) is 9.59 Å². The van der Waals surface area contributed by atoms with E-state index in [0.29, 0.717) is 22.5 Å². The summed E-state index contributed by atoms with van der Waals surface area (Å²) >= 11 is 0. The minimum Gasteiger partial charge on any atom is -0.422 e. The minimum absolute atomic E-state index is 0.300. The Kier molecular flexibility index (Phi) is 4.38. The molecular weight excluding hydrogens is 306 g/mol. The first-order valence-corrected chi connectivity index (χ1v) is 7.33. The summed E-state index contributed by atoms with van der Waals surface area (Å²) in [6.45, 7) is 1.63. The van der Waals surface area contributed by atoms with Crippen LogP contribution >= 0.6 is 0 Å². The molecule has 1 aromatic heterocycles. The maximum absolute atomic E-state index is 12.0. The van der Waals surface area contributed by atoms with Crippen LogP contribution in [0, 0.1) is 0 Å². The van der Waals surface area contributed by atoms with Crippen LogP contribution in [0.25, 0.3) is 11.0 Å². The Morgan fingerprint density at radius 3 is 2.54 bits per heavy atom. The van der Waals surface area contributed by atoms with Crippen molar-refractivity contribution in [2.24, 2.45) is 5.10 Å². The number of hydrogen-bond donors (Lipinski definition) is 2. The topological polar surface area (TPSA) is 83.7 Å². The van der Waals surface area contributed by atoms with E-state index in [-0.39, 0.29) is 0 Å². The highest BCUT2D eigenvalue weighted by Gasteiger charge is 2.09. The Morgan fingerprint density at radius 1 is 1.04 bits per heavy atom. The first-order valence-electron chi connectivity index (χ1n) is 7.33. The second kappa shape index (κ2) is 6.78. The van der Waals surface area contributed by atoms with Gasteiger partial charge in [0.25, 0.3) is 0 Å². The number of carbonyl (C=O) groups is 1. The van der Waals surface area contributed by atoms with Crippen LogP contribution in [0.5, 0.6) is 0 Å². The van der Waals surface area contributed by atoms with Crippen molar-refractivity contribution in [1.29, 1.82) is 0 Å². The second-order valence-electron chi connectivity index (χ2n) is 5.11. The Bertz CT molecular complexity index is 962. The molecule has 2 aromatic carbocycles. The lowest BCUT2D eigenvalue weighted by molar-refractivity contribution is 0.252. The number of benzene rings is 2. The van der Waals surface area contributed by atoms with Crippen LogP contribution in [-0.4, -0.2) is 11.7 Å². The van der Waals surface area contributed by atoms with Crippen molar-refractivity contribution < 1.29 is 9.21 Å². The number of nitrogens with one attached hydrogen (secondary N) is 2. The lowest BCUT2D eigenvalue weighted by Gasteiger charge is -2.05. The third kappa shape index (κ3) is 3.49. The highest BCUT2D eigenvalue weighted by molar-refractivity contribution is 6.01. The molecule has 2 amide bonds. The van der Waals surface area contributed by atoms with Gasteiger partial charge >= 0.3 is 11.7 Å². The van der Waals surface area contributed by atoms with Crippen LogP contribution in [0.2, 0.25) is 0 Å². The highest BCUT2D eigenvalue weighted by Crippen LogP contribution is 2.13. The van der Waals surface area contributed by atoms with Gasteiger partial charge in [-0.3, -0.25) is 0 Å². The van der Waals surface area contributed by atoms with Crippen molar-refractivity contribution >= 4 is 28.4 Å². The lowest BCUT2D eigenvalue weighted by atomic mass is 10.1. The van der Waals surface area contributed by atoms with Crippen molar-refractivity contribution in [2.45, 2.75) is 6.92 Å². The fourth-order valence-corrected chi connectivity index (χ4v) is 2.19. The van der Waals surface area contributed by atoms with Gasteiger partial charge in [-0.2, -0.15) is 5.10 Å². The van der Waals surface area contributed by atoms with E-state index >= 15 is 0 Å². The molecule has 1 heterocycles. The first kappa shape index (κ1) is 15.5. The van der Waals surface area contributed by atoms with Gasteiger partial charge in [-0.05, 0) is 31.2 Å². The molecule has 3 rings (SSSR count). The molecule has 2 N–H and O–H groups in total. The molecule has 0 radical (unpaired) electrons. The summed E-state index contributed by atoms with van der Waals surface area (Å²) in [4.78, 5) is 23.8. The molecule has 0 bridgehead atoms. The summed E-state index contributed by atoms with van der Waals surface area (Å²) in [5.41, 5.74) is 3.68. The fourth-order valence-electron chi connectivity index (χ4n) is 2.19. The highest BCUT2D eigenvalue weighted by atomic mass is 16.4. The molecule has 0 aliphatic rings. The molecule has 6 heteroatoms. The van der Waals surface area contributed by atoms with Crippen LogP contribution in [0.4, 0.5) is 10.5 Å². The molecule has 0 aliphatic heterocycles. The molecule has 24 heavy (non-hydrogen) atoms. The van der Waals surface area contributed by atoms with Gasteiger partial charge in [0.15, 0.2) is 0 Å². The van der Waals surface area contributed by atoms with Gasteiger partial charge in [0, 0.05) is 11.1 Å². The number of fused-ring (bicyclic) bond motifs is 1. The number of anilines is 1. The van der Waals surface area contributed by atoms with E-state index in [2.05, 4.69) is 15.8 Å². The Balaban J connectivity index is 1.77. The van der Waals surface area contributed by atoms with E-state index in [4.69, 9.17) is 4.42 Å². The number of amides is 2. The number of urea groups is 1. The Morgan fingerprint density at radius 2 is 1.75 bits per heavy atom. The third-order valence-corrected chi connectivity index (χ3v) is 3.39. The van der Waals surface area contributed by atoms with E-state index in [1.54, 1.807) is 37.3 Å². The third-order valence-electron chi connectivity index (χ3n) is 3.39. The van der Waals surface area contributed by atoms with E-state index in [0.717, 1.165) is 5.39 Å². The number of para-hydroxylation sites is 2. The second-order valence-corrected chi connectivity index (χ2v) is 5.11. The number of nitrogens with zero attached hydrogens (tertiary/aromatic N) is 1. The number of hydrazone groups is 1. The molecule has 0 fully saturated rings. The summed E-state index contributed by atoms with van der Waals surface area (Å²) in [5, 5.41) is 7.37. The van der Waals surface area contributed by atoms with Crippen molar-refractivity contribution in [3.8, 4) is 0 Å².